The van der Waals surface area contributed by atoms with Crippen LogP contribution >= 0.6 is 0 Å². The first-order valence-electron chi connectivity index (χ1n) is 7.24. The average Bonchev–Trinajstić information content (AvgIpc) is 3.27. The topological polar surface area (TPSA) is 58.2 Å². The van der Waals surface area contributed by atoms with Gasteiger partial charge in [-0.3, -0.25) is 9.59 Å². The largest absolute Gasteiger partial charge is 0.355 e. The molecule has 2 amide bonds. The molecular weight excluding hydrogens is 252 g/mol. The number of hydrogen-bond donors (Lipinski definition) is 2. The fourth-order valence-corrected chi connectivity index (χ4v) is 2.25. The summed E-state index contributed by atoms with van der Waals surface area (Å²) < 4.78 is 0. The zero-order chi connectivity index (χ0) is 14.6. The van der Waals surface area contributed by atoms with Gasteiger partial charge in [-0.2, -0.15) is 0 Å². The lowest BCUT2D eigenvalue weighted by Gasteiger charge is -2.19. The van der Waals surface area contributed by atoms with Crippen LogP contribution in [0.3, 0.4) is 0 Å². The first-order valence-corrected chi connectivity index (χ1v) is 7.24. The maximum absolute atomic E-state index is 12.3. The third-order valence-electron chi connectivity index (χ3n) is 3.80. The van der Waals surface area contributed by atoms with Crippen LogP contribution in [0.1, 0.15) is 44.7 Å². The summed E-state index contributed by atoms with van der Waals surface area (Å²) in [5.41, 5.74) is 0.226. The molecule has 1 aliphatic rings. The van der Waals surface area contributed by atoms with Crippen LogP contribution in [0.15, 0.2) is 30.3 Å². The molecule has 0 aromatic heterocycles. The number of rotatable bonds is 6. The Hall–Kier alpha value is -1.84. The lowest BCUT2D eigenvalue weighted by atomic mass is 10.0. The van der Waals surface area contributed by atoms with Crippen molar-refractivity contribution in [3.05, 3.63) is 35.9 Å². The first kappa shape index (κ1) is 14.6. The number of benzene rings is 1. The highest BCUT2D eigenvalue weighted by Gasteiger charge is 2.56. The summed E-state index contributed by atoms with van der Waals surface area (Å²) in [7, 11) is 0. The molecule has 4 heteroatoms. The van der Waals surface area contributed by atoms with E-state index in [0.717, 1.165) is 12.0 Å². The molecule has 108 valence electrons. The molecule has 1 aromatic carbocycles. The van der Waals surface area contributed by atoms with Crippen LogP contribution in [0.25, 0.3) is 0 Å². The quantitative estimate of drug-likeness (QED) is 0.781. The fraction of sp³-hybridized carbons (Fsp3) is 0.500. The minimum Gasteiger partial charge on any atom is -0.355 e. The highest BCUT2D eigenvalue weighted by Crippen LogP contribution is 2.46. The van der Waals surface area contributed by atoms with Crippen molar-refractivity contribution in [2.45, 2.75) is 39.2 Å². The van der Waals surface area contributed by atoms with Crippen molar-refractivity contribution in [1.82, 2.24) is 10.6 Å². The third-order valence-corrected chi connectivity index (χ3v) is 3.80. The molecular formula is C16H22N2O2. The molecule has 1 unspecified atom stereocenters. The Balaban J connectivity index is 1.96. The molecule has 1 aliphatic carbocycles. The standard InChI is InChI=1S/C16H22N2O2/c1-3-11-17-14(19)16(9-10-16)15(20)18-12(2)13-7-5-4-6-8-13/h4-8,12H,3,9-11H2,1-2H3,(H,17,19)(H,18,20). The molecule has 1 atom stereocenters. The van der Waals surface area contributed by atoms with Gasteiger partial charge in [-0.05, 0) is 31.7 Å². The van der Waals surface area contributed by atoms with Gasteiger partial charge in [-0.25, -0.2) is 0 Å². The highest BCUT2D eigenvalue weighted by molar-refractivity contribution is 6.07. The molecule has 1 fully saturated rings. The molecule has 4 nitrogen and oxygen atoms in total. The van der Waals surface area contributed by atoms with Crippen LogP contribution in [0.2, 0.25) is 0 Å². The Morgan fingerprint density at radius 1 is 1.20 bits per heavy atom. The molecule has 1 aromatic rings. The predicted molar refractivity (Wildman–Crippen MR) is 78.0 cm³/mol. The predicted octanol–water partition coefficient (Wildman–Crippen LogP) is 2.17. The Morgan fingerprint density at radius 2 is 1.85 bits per heavy atom. The minimum atomic E-state index is -0.821. The lowest BCUT2D eigenvalue weighted by Crippen LogP contribution is -2.44. The summed E-state index contributed by atoms with van der Waals surface area (Å²) in [6.07, 6.45) is 2.18. The van der Waals surface area contributed by atoms with E-state index in [1.165, 1.54) is 0 Å². The summed E-state index contributed by atoms with van der Waals surface area (Å²) in [6, 6.07) is 9.69. The van der Waals surface area contributed by atoms with Crippen LogP contribution in [-0.2, 0) is 9.59 Å². The SMILES string of the molecule is CCCNC(=O)C1(C(=O)NC(C)c2ccccc2)CC1. The van der Waals surface area contributed by atoms with Crippen LogP contribution in [0, 0.1) is 5.41 Å². The van der Waals surface area contributed by atoms with Crippen molar-refractivity contribution in [3.63, 3.8) is 0 Å². The summed E-state index contributed by atoms with van der Waals surface area (Å²) in [6.45, 7) is 4.56. The van der Waals surface area contributed by atoms with Gasteiger partial charge in [0, 0.05) is 6.54 Å². The van der Waals surface area contributed by atoms with Crippen molar-refractivity contribution < 1.29 is 9.59 Å². The van der Waals surface area contributed by atoms with Gasteiger partial charge in [0.15, 0.2) is 0 Å². The lowest BCUT2D eigenvalue weighted by molar-refractivity contribution is -0.137. The monoisotopic (exact) mass is 274 g/mol. The number of nitrogens with one attached hydrogen (secondary N) is 2. The van der Waals surface area contributed by atoms with Gasteiger partial charge in [-0.15, -0.1) is 0 Å². The maximum Gasteiger partial charge on any atom is 0.236 e. The van der Waals surface area contributed by atoms with Crippen LogP contribution < -0.4 is 10.6 Å². The molecule has 2 N–H and O–H groups in total. The van der Waals surface area contributed by atoms with Gasteiger partial charge >= 0.3 is 0 Å². The van der Waals surface area contributed by atoms with E-state index < -0.39 is 5.41 Å². The molecule has 0 bridgehead atoms. The van der Waals surface area contributed by atoms with Crippen LogP contribution in [0.4, 0.5) is 0 Å². The van der Waals surface area contributed by atoms with E-state index in [1.54, 1.807) is 0 Å². The second-order valence-corrected chi connectivity index (χ2v) is 5.44. The average molecular weight is 274 g/mol. The molecule has 0 heterocycles. The van der Waals surface area contributed by atoms with Crippen molar-refractivity contribution in [1.29, 1.82) is 0 Å². The number of carbonyl (C=O) groups excluding carboxylic acids is 2. The summed E-state index contributed by atoms with van der Waals surface area (Å²) in [4.78, 5) is 24.4. The molecule has 0 spiro atoms. The van der Waals surface area contributed by atoms with Crippen LogP contribution in [-0.4, -0.2) is 18.4 Å². The smallest absolute Gasteiger partial charge is 0.236 e. The van der Waals surface area contributed by atoms with E-state index in [4.69, 9.17) is 0 Å². The Bertz CT molecular complexity index is 481. The van der Waals surface area contributed by atoms with E-state index in [0.29, 0.717) is 19.4 Å². The van der Waals surface area contributed by atoms with E-state index in [-0.39, 0.29) is 17.9 Å². The molecule has 20 heavy (non-hydrogen) atoms. The normalized spacial score (nSPS) is 17.1. The van der Waals surface area contributed by atoms with E-state index in [1.807, 2.05) is 44.2 Å². The zero-order valence-corrected chi connectivity index (χ0v) is 12.1. The van der Waals surface area contributed by atoms with Crippen molar-refractivity contribution >= 4 is 11.8 Å². The van der Waals surface area contributed by atoms with E-state index in [2.05, 4.69) is 10.6 Å². The second-order valence-electron chi connectivity index (χ2n) is 5.44. The van der Waals surface area contributed by atoms with E-state index >= 15 is 0 Å². The van der Waals surface area contributed by atoms with Gasteiger partial charge in [0.25, 0.3) is 0 Å². The van der Waals surface area contributed by atoms with Gasteiger partial charge in [0.1, 0.15) is 5.41 Å². The summed E-state index contributed by atoms with van der Waals surface area (Å²) in [5, 5.41) is 5.79. The number of amides is 2. The Labute approximate surface area is 119 Å². The molecule has 2 rings (SSSR count). The maximum atomic E-state index is 12.3. The molecule has 1 saturated carbocycles. The van der Waals surface area contributed by atoms with Gasteiger partial charge in [0.05, 0.1) is 6.04 Å². The van der Waals surface area contributed by atoms with Gasteiger partial charge in [-0.1, -0.05) is 37.3 Å². The van der Waals surface area contributed by atoms with E-state index in [9.17, 15) is 9.59 Å². The Kier molecular flexibility index (Phi) is 4.42. The van der Waals surface area contributed by atoms with Crippen molar-refractivity contribution in [2.24, 2.45) is 5.41 Å². The Morgan fingerprint density at radius 3 is 2.40 bits per heavy atom. The van der Waals surface area contributed by atoms with Crippen molar-refractivity contribution in [3.8, 4) is 0 Å². The summed E-state index contributed by atoms with van der Waals surface area (Å²) >= 11 is 0. The third kappa shape index (κ3) is 3.00. The molecule has 0 saturated heterocycles. The zero-order valence-electron chi connectivity index (χ0n) is 12.1. The molecule has 0 aliphatic heterocycles. The van der Waals surface area contributed by atoms with Crippen LogP contribution in [0.5, 0.6) is 0 Å². The number of carbonyl (C=O) groups is 2. The minimum absolute atomic E-state index is 0.0832. The first-order chi connectivity index (χ1) is 9.60. The van der Waals surface area contributed by atoms with Gasteiger partial charge in [0.2, 0.25) is 11.8 Å². The second kappa shape index (κ2) is 6.07. The molecule has 0 radical (unpaired) electrons. The summed E-state index contributed by atoms with van der Waals surface area (Å²) in [5.74, 6) is -0.278. The van der Waals surface area contributed by atoms with Crippen molar-refractivity contribution in [2.75, 3.05) is 6.54 Å². The van der Waals surface area contributed by atoms with Gasteiger partial charge < -0.3 is 10.6 Å². The fourth-order valence-electron chi connectivity index (χ4n) is 2.25. The number of hydrogen-bond acceptors (Lipinski definition) is 2. The highest BCUT2D eigenvalue weighted by atomic mass is 16.2.